The first-order valence-corrected chi connectivity index (χ1v) is 9.15. The number of nitrogens with zero attached hydrogens (tertiary/aromatic N) is 3. The van der Waals surface area contributed by atoms with Crippen LogP contribution in [0.2, 0.25) is 5.15 Å². The number of aromatic hydroxyl groups is 1. The second-order valence-corrected chi connectivity index (χ2v) is 6.47. The Hall–Kier alpha value is -3.91. The van der Waals surface area contributed by atoms with Gasteiger partial charge >= 0.3 is 0 Å². The number of carbonyl (C=O) groups is 1. The third-order valence-electron chi connectivity index (χ3n) is 4.18. The maximum atomic E-state index is 12.5. The lowest BCUT2D eigenvalue weighted by Crippen LogP contribution is -2.14. The lowest BCUT2D eigenvalue weighted by atomic mass is 10.2. The summed E-state index contributed by atoms with van der Waals surface area (Å²) in [4.78, 5) is 24.8. The van der Waals surface area contributed by atoms with Gasteiger partial charge in [0.1, 0.15) is 0 Å². The van der Waals surface area contributed by atoms with Gasteiger partial charge in [0, 0.05) is 35.6 Å². The fourth-order valence-corrected chi connectivity index (χ4v) is 2.92. The number of pyridine rings is 3. The van der Waals surface area contributed by atoms with Crippen molar-refractivity contribution in [3.8, 4) is 23.1 Å². The Bertz CT molecular complexity index is 1250. The van der Waals surface area contributed by atoms with Gasteiger partial charge in [0.05, 0.1) is 12.6 Å². The first-order chi connectivity index (χ1) is 14.5. The largest absolute Gasteiger partial charge is 0.503 e. The van der Waals surface area contributed by atoms with E-state index >= 15 is 0 Å². The molecule has 0 aliphatic rings. The summed E-state index contributed by atoms with van der Waals surface area (Å²) in [5.41, 5.74) is 1.04. The summed E-state index contributed by atoms with van der Waals surface area (Å²) < 4.78 is 10.7. The molecule has 0 unspecified atom stereocenters. The molecule has 9 heteroatoms. The zero-order valence-corrected chi connectivity index (χ0v) is 16.4. The number of ether oxygens (including phenoxy) is 2. The molecule has 3 aromatic heterocycles. The van der Waals surface area contributed by atoms with Gasteiger partial charge < -0.3 is 19.9 Å². The van der Waals surface area contributed by atoms with Crippen LogP contribution in [0.25, 0.3) is 10.9 Å². The van der Waals surface area contributed by atoms with Crippen LogP contribution < -0.4 is 14.8 Å². The SMILES string of the molecule is COc1ccnc(C(=O)Nc2ccc3nc(Oc4cccnc4Cl)ccc3c2)c1O. The second-order valence-electron chi connectivity index (χ2n) is 6.12. The lowest BCUT2D eigenvalue weighted by molar-refractivity contribution is 0.101. The Morgan fingerprint density at radius 2 is 1.93 bits per heavy atom. The van der Waals surface area contributed by atoms with Crippen LogP contribution in [-0.4, -0.2) is 33.1 Å². The highest BCUT2D eigenvalue weighted by Gasteiger charge is 2.17. The van der Waals surface area contributed by atoms with Crippen molar-refractivity contribution in [3.05, 3.63) is 71.8 Å². The number of fused-ring (bicyclic) bond motifs is 1. The molecule has 8 nitrogen and oxygen atoms in total. The number of amides is 1. The number of hydrogen-bond acceptors (Lipinski definition) is 7. The number of anilines is 1. The van der Waals surface area contributed by atoms with Gasteiger partial charge in [-0.1, -0.05) is 11.6 Å². The van der Waals surface area contributed by atoms with Gasteiger partial charge in [0.15, 0.2) is 28.1 Å². The number of carbonyl (C=O) groups excluding carboxylic acids is 1. The second kappa shape index (κ2) is 8.22. The van der Waals surface area contributed by atoms with Crippen molar-refractivity contribution in [3.63, 3.8) is 0 Å². The summed E-state index contributed by atoms with van der Waals surface area (Å²) in [5.74, 6) is 0.0417. The fourth-order valence-electron chi connectivity index (χ4n) is 2.76. The third kappa shape index (κ3) is 3.94. The van der Waals surface area contributed by atoms with Gasteiger partial charge in [-0.25, -0.2) is 15.0 Å². The van der Waals surface area contributed by atoms with Crippen molar-refractivity contribution in [2.45, 2.75) is 0 Å². The molecule has 150 valence electrons. The van der Waals surface area contributed by atoms with Crippen LogP contribution in [0, 0.1) is 0 Å². The van der Waals surface area contributed by atoms with E-state index in [0.717, 1.165) is 5.39 Å². The summed E-state index contributed by atoms with van der Waals surface area (Å²) in [6.07, 6.45) is 2.95. The average molecular weight is 423 g/mol. The van der Waals surface area contributed by atoms with E-state index in [9.17, 15) is 9.90 Å². The molecule has 0 saturated heterocycles. The van der Waals surface area contributed by atoms with Crippen molar-refractivity contribution < 1.29 is 19.4 Å². The van der Waals surface area contributed by atoms with Crippen LogP contribution >= 0.6 is 11.6 Å². The quantitative estimate of drug-likeness (QED) is 0.458. The third-order valence-corrected chi connectivity index (χ3v) is 4.47. The molecule has 3 heterocycles. The summed E-state index contributed by atoms with van der Waals surface area (Å²) in [5, 5.41) is 13.8. The Labute approximate surface area is 176 Å². The standard InChI is InChI=1S/C21H15ClN4O4/c1-29-15-8-10-23-18(19(15)27)21(28)25-13-5-6-14-12(11-13)4-7-17(26-14)30-16-3-2-9-24-20(16)22/h2-11,27H,1H3,(H,25,28). The van der Waals surface area contributed by atoms with Crippen molar-refractivity contribution in [1.29, 1.82) is 0 Å². The van der Waals surface area contributed by atoms with Crippen LogP contribution in [0.15, 0.2) is 60.9 Å². The maximum absolute atomic E-state index is 12.5. The molecule has 0 atom stereocenters. The minimum atomic E-state index is -0.565. The Balaban J connectivity index is 1.55. The van der Waals surface area contributed by atoms with Crippen LogP contribution in [0.1, 0.15) is 10.5 Å². The molecule has 0 saturated carbocycles. The summed E-state index contributed by atoms with van der Waals surface area (Å²) in [7, 11) is 1.40. The van der Waals surface area contributed by atoms with E-state index in [2.05, 4.69) is 20.3 Å². The molecule has 0 radical (unpaired) electrons. The van der Waals surface area contributed by atoms with Crippen LogP contribution in [0.4, 0.5) is 5.69 Å². The molecular formula is C21H15ClN4O4. The van der Waals surface area contributed by atoms with E-state index in [0.29, 0.717) is 22.8 Å². The first kappa shape index (κ1) is 19.4. The molecule has 0 fully saturated rings. The summed E-state index contributed by atoms with van der Waals surface area (Å²) in [6, 6.07) is 13.5. The van der Waals surface area contributed by atoms with E-state index in [1.165, 1.54) is 19.4 Å². The number of benzene rings is 1. The number of aromatic nitrogens is 3. The van der Waals surface area contributed by atoms with Gasteiger partial charge in [0.2, 0.25) is 5.88 Å². The number of rotatable bonds is 5. The average Bonchev–Trinajstić information content (AvgIpc) is 2.75. The molecule has 4 aromatic rings. The predicted octanol–water partition coefficient (Wildman–Crippen LogP) is 4.44. The topological polar surface area (TPSA) is 106 Å². The van der Waals surface area contributed by atoms with Gasteiger partial charge in [-0.15, -0.1) is 0 Å². The molecule has 0 spiro atoms. The summed E-state index contributed by atoms with van der Waals surface area (Å²) >= 11 is 6.01. The molecule has 4 rings (SSSR count). The Morgan fingerprint density at radius 3 is 2.73 bits per heavy atom. The van der Waals surface area contributed by atoms with Crippen molar-refractivity contribution in [2.24, 2.45) is 0 Å². The number of hydrogen-bond donors (Lipinski definition) is 2. The Kier molecular flexibility index (Phi) is 5.32. The van der Waals surface area contributed by atoms with E-state index in [1.807, 2.05) is 0 Å². The molecule has 2 N–H and O–H groups in total. The smallest absolute Gasteiger partial charge is 0.278 e. The van der Waals surface area contributed by atoms with E-state index in [4.69, 9.17) is 21.1 Å². The number of nitrogens with one attached hydrogen (secondary N) is 1. The molecule has 0 aliphatic heterocycles. The lowest BCUT2D eigenvalue weighted by Gasteiger charge is -2.10. The molecule has 30 heavy (non-hydrogen) atoms. The van der Waals surface area contributed by atoms with E-state index in [1.54, 1.807) is 48.7 Å². The van der Waals surface area contributed by atoms with Gasteiger partial charge in [0.25, 0.3) is 5.91 Å². The van der Waals surface area contributed by atoms with Crippen LogP contribution in [-0.2, 0) is 0 Å². The van der Waals surface area contributed by atoms with Crippen LogP contribution in [0.5, 0.6) is 23.1 Å². The molecular weight excluding hydrogens is 408 g/mol. The minimum Gasteiger partial charge on any atom is -0.503 e. The van der Waals surface area contributed by atoms with Gasteiger partial charge in [-0.2, -0.15) is 0 Å². The van der Waals surface area contributed by atoms with E-state index in [-0.39, 0.29) is 22.3 Å². The molecule has 1 amide bonds. The Morgan fingerprint density at radius 1 is 1.07 bits per heavy atom. The highest BCUT2D eigenvalue weighted by atomic mass is 35.5. The fraction of sp³-hybridized carbons (Fsp3) is 0.0476. The minimum absolute atomic E-state index is 0.135. The van der Waals surface area contributed by atoms with Crippen molar-refractivity contribution in [2.75, 3.05) is 12.4 Å². The predicted molar refractivity (Wildman–Crippen MR) is 111 cm³/mol. The number of halogens is 1. The van der Waals surface area contributed by atoms with Gasteiger partial charge in [-0.3, -0.25) is 4.79 Å². The van der Waals surface area contributed by atoms with Crippen molar-refractivity contribution in [1.82, 2.24) is 15.0 Å². The zero-order valence-electron chi connectivity index (χ0n) is 15.7. The molecule has 0 aliphatic carbocycles. The maximum Gasteiger partial charge on any atom is 0.278 e. The molecule has 0 bridgehead atoms. The van der Waals surface area contributed by atoms with Crippen molar-refractivity contribution >= 4 is 34.1 Å². The van der Waals surface area contributed by atoms with Crippen LogP contribution in [0.3, 0.4) is 0 Å². The summed E-state index contributed by atoms with van der Waals surface area (Å²) in [6.45, 7) is 0. The highest BCUT2D eigenvalue weighted by molar-refractivity contribution is 6.30. The van der Waals surface area contributed by atoms with E-state index < -0.39 is 5.91 Å². The normalized spacial score (nSPS) is 10.6. The molecule has 1 aromatic carbocycles. The first-order valence-electron chi connectivity index (χ1n) is 8.77. The van der Waals surface area contributed by atoms with Gasteiger partial charge in [-0.05, 0) is 36.4 Å². The zero-order chi connectivity index (χ0) is 21.1. The monoisotopic (exact) mass is 422 g/mol. The highest BCUT2D eigenvalue weighted by Crippen LogP contribution is 2.30. The number of methoxy groups -OCH3 is 1.